The van der Waals surface area contributed by atoms with Crippen LogP contribution in [0.25, 0.3) is 0 Å². The van der Waals surface area contributed by atoms with Crippen molar-refractivity contribution in [3.05, 3.63) is 27.1 Å². The number of hydrogen-bond acceptors (Lipinski definition) is 2. The molecule has 0 aliphatic heterocycles. The summed E-state index contributed by atoms with van der Waals surface area (Å²) in [6.45, 7) is 0. The average molecular weight is 335 g/mol. The highest BCUT2D eigenvalue weighted by molar-refractivity contribution is 14.1. The van der Waals surface area contributed by atoms with E-state index < -0.39 is 22.7 Å². The van der Waals surface area contributed by atoms with Crippen LogP contribution in [-0.2, 0) is 6.18 Å². The van der Waals surface area contributed by atoms with Crippen LogP contribution >= 0.6 is 34.2 Å². The van der Waals surface area contributed by atoms with Gasteiger partial charge in [0.2, 0.25) is 0 Å². The van der Waals surface area contributed by atoms with Crippen molar-refractivity contribution < 1.29 is 18.0 Å². The molecule has 1 aromatic rings. The second kappa shape index (κ2) is 4.01. The van der Waals surface area contributed by atoms with Crippen LogP contribution in [0.15, 0.2) is 12.3 Å². The molecule has 0 unspecified atom stereocenters. The molecular formula is C7H2ClF3INO. The summed E-state index contributed by atoms with van der Waals surface area (Å²) in [5.74, 6) is 0. The molecule has 0 N–H and O–H groups in total. The highest BCUT2D eigenvalue weighted by Gasteiger charge is 2.38. The van der Waals surface area contributed by atoms with Gasteiger partial charge < -0.3 is 0 Å². The predicted octanol–water partition coefficient (Wildman–Crippen LogP) is 3.08. The first kappa shape index (κ1) is 11.7. The van der Waals surface area contributed by atoms with Crippen molar-refractivity contribution >= 4 is 39.4 Å². The first-order chi connectivity index (χ1) is 6.34. The fourth-order valence-corrected chi connectivity index (χ4v) is 1.72. The zero-order valence-corrected chi connectivity index (χ0v) is 9.31. The molecule has 0 atom stereocenters. The highest BCUT2D eigenvalue weighted by atomic mass is 127. The second-order valence-corrected chi connectivity index (χ2v) is 3.79. The minimum atomic E-state index is -4.62. The molecule has 0 amide bonds. The van der Waals surface area contributed by atoms with Crippen LogP contribution in [0, 0.1) is 3.57 Å². The van der Waals surface area contributed by atoms with E-state index in [0.717, 1.165) is 12.3 Å². The molecule has 0 aromatic carbocycles. The van der Waals surface area contributed by atoms with Crippen LogP contribution in [-0.4, -0.2) is 10.2 Å². The van der Waals surface area contributed by atoms with Crippen LogP contribution in [0.1, 0.15) is 16.1 Å². The molecule has 0 saturated heterocycles. The van der Waals surface area contributed by atoms with E-state index in [9.17, 15) is 18.0 Å². The van der Waals surface area contributed by atoms with Gasteiger partial charge >= 0.3 is 6.18 Å². The molecule has 0 radical (unpaired) electrons. The van der Waals surface area contributed by atoms with Gasteiger partial charge in [-0.3, -0.25) is 9.78 Å². The van der Waals surface area contributed by atoms with Gasteiger partial charge in [-0.15, -0.1) is 0 Å². The first-order valence-corrected chi connectivity index (χ1v) is 4.71. The van der Waals surface area contributed by atoms with E-state index in [-0.39, 0.29) is 3.57 Å². The van der Waals surface area contributed by atoms with E-state index in [0.29, 0.717) is 0 Å². The summed E-state index contributed by atoms with van der Waals surface area (Å²) < 4.78 is 37.1. The lowest BCUT2D eigenvalue weighted by Crippen LogP contribution is -2.14. The Morgan fingerprint density at radius 2 is 2.07 bits per heavy atom. The molecule has 0 aliphatic rings. The molecule has 0 fully saturated rings. The molecule has 2 nitrogen and oxygen atoms in total. The molecule has 7 heteroatoms. The van der Waals surface area contributed by atoms with Crippen molar-refractivity contribution in [1.82, 2.24) is 4.98 Å². The smallest absolute Gasteiger partial charge is 0.274 e. The van der Waals surface area contributed by atoms with Crippen LogP contribution < -0.4 is 0 Å². The van der Waals surface area contributed by atoms with E-state index in [2.05, 4.69) is 4.98 Å². The van der Waals surface area contributed by atoms with Gasteiger partial charge in [0.05, 0.1) is 5.56 Å². The summed E-state index contributed by atoms with van der Waals surface area (Å²) in [4.78, 5) is 14.0. The van der Waals surface area contributed by atoms with Crippen LogP contribution in [0.5, 0.6) is 0 Å². The third-order valence-electron chi connectivity index (χ3n) is 1.37. The Morgan fingerprint density at radius 1 is 1.50 bits per heavy atom. The summed E-state index contributed by atoms with van der Waals surface area (Å²) in [6, 6.07) is 1.16. The third-order valence-corrected chi connectivity index (χ3v) is 2.45. The van der Waals surface area contributed by atoms with Gasteiger partial charge in [-0.2, -0.15) is 13.2 Å². The van der Waals surface area contributed by atoms with Crippen molar-refractivity contribution in [2.45, 2.75) is 6.18 Å². The Bertz CT molecular complexity index is 380. The van der Waals surface area contributed by atoms with Crippen molar-refractivity contribution in [2.75, 3.05) is 0 Å². The topological polar surface area (TPSA) is 30.0 Å². The maximum absolute atomic E-state index is 12.4. The monoisotopic (exact) mass is 335 g/mol. The minimum Gasteiger partial charge on any atom is -0.274 e. The molecule has 1 rings (SSSR count). The summed E-state index contributed by atoms with van der Waals surface area (Å²) in [6.07, 6.45) is -3.52. The quantitative estimate of drug-likeness (QED) is 0.583. The molecule has 14 heavy (non-hydrogen) atoms. The molecule has 0 aliphatic carbocycles. The lowest BCUT2D eigenvalue weighted by Gasteiger charge is -2.10. The molecule has 0 spiro atoms. The van der Waals surface area contributed by atoms with Gasteiger partial charge in [0.15, 0.2) is 0 Å². The maximum Gasteiger partial charge on any atom is 0.419 e. The number of rotatable bonds is 1. The van der Waals surface area contributed by atoms with Gasteiger partial charge in [0, 0.05) is 9.77 Å². The van der Waals surface area contributed by atoms with Gasteiger partial charge in [-0.05, 0) is 40.3 Å². The Hall–Kier alpha value is -0.370. The zero-order chi connectivity index (χ0) is 10.9. The molecule has 0 bridgehead atoms. The van der Waals surface area contributed by atoms with Gasteiger partial charge in [-0.1, -0.05) is 0 Å². The minimum absolute atomic E-state index is 0.103. The number of halogens is 5. The molecular weight excluding hydrogens is 333 g/mol. The number of carbonyl (C=O) groups is 1. The Labute approximate surface area is 95.6 Å². The Balaban J connectivity index is 3.45. The number of hydrogen-bond donors (Lipinski definition) is 0. The number of nitrogens with zero attached hydrogens (tertiary/aromatic N) is 1. The lowest BCUT2D eigenvalue weighted by atomic mass is 10.2. The van der Waals surface area contributed by atoms with E-state index in [1.807, 2.05) is 0 Å². The summed E-state index contributed by atoms with van der Waals surface area (Å²) >= 11 is 6.46. The van der Waals surface area contributed by atoms with Crippen LogP contribution in [0.3, 0.4) is 0 Å². The number of aromatic nitrogens is 1. The normalized spacial score (nSPS) is 11.5. The zero-order valence-electron chi connectivity index (χ0n) is 6.40. The van der Waals surface area contributed by atoms with Crippen LogP contribution in [0.2, 0.25) is 0 Å². The number of pyridine rings is 1. The summed E-state index contributed by atoms with van der Waals surface area (Å²) in [7, 11) is 0. The van der Waals surface area contributed by atoms with Gasteiger partial charge in [-0.25, -0.2) is 0 Å². The first-order valence-electron chi connectivity index (χ1n) is 3.25. The van der Waals surface area contributed by atoms with Gasteiger partial charge in [0.1, 0.15) is 5.69 Å². The number of alkyl halides is 3. The van der Waals surface area contributed by atoms with Gasteiger partial charge in [0.25, 0.3) is 5.24 Å². The molecule has 1 aromatic heterocycles. The SMILES string of the molecule is O=C(Cl)c1nccc(I)c1C(F)(F)F. The molecule has 0 saturated carbocycles. The van der Waals surface area contributed by atoms with Crippen molar-refractivity contribution in [1.29, 1.82) is 0 Å². The molecule has 76 valence electrons. The lowest BCUT2D eigenvalue weighted by molar-refractivity contribution is -0.138. The van der Waals surface area contributed by atoms with E-state index in [1.54, 1.807) is 0 Å². The molecule has 1 heterocycles. The predicted molar refractivity (Wildman–Crippen MR) is 52.1 cm³/mol. The standard InChI is InChI=1S/C7H2ClF3INO/c8-6(14)5-4(7(9,10)11)3(12)1-2-13-5/h1-2H. The van der Waals surface area contributed by atoms with Crippen LogP contribution in [0.4, 0.5) is 13.2 Å². The number of carbonyl (C=O) groups excluding carboxylic acids is 1. The fourth-order valence-electron chi connectivity index (χ4n) is 0.857. The Morgan fingerprint density at radius 3 is 2.43 bits per heavy atom. The highest BCUT2D eigenvalue weighted by Crippen LogP contribution is 2.34. The average Bonchev–Trinajstić information content (AvgIpc) is 2.01. The van der Waals surface area contributed by atoms with Crippen molar-refractivity contribution in [2.24, 2.45) is 0 Å². The third kappa shape index (κ3) is 2.35. The summed E-state index contributed by atoms with van der Waals surface area (Å²) in [5.41, 5.74) is -1.84. The van der Waals surface area contributed by atoms with E-state index in [1.165, 1.54) is 22.6 Å². The van der Waals surface area contributed by atoms with E-state index >= 15 is 0 Å². The Kier molecular flexibility index (Phi) is 3.36. The van der Waals surface area contributed by atoms with Crippen molar-refractivity contribution in [3.63, 3.8) is 0 Å². The largest absolute Gasteiger partial charge is 0.419 e. The van der Waals surface area contributed by atoms with E-state index in [4.69, 9.17) is 11.6 Å². The summed E-state index contributed by atoms with van der Waals surface area (Å²) in [5, 5.41) is -1.21. The second-order valence-electron chi connectivity index (χ2n) is 2.29. The maximum atomic E-state index is 12.4. The van der Waals surface area contributed by atoms with Crippen molar-refractivity contribution in [3.8, 4) is 0 Å². The fraction of sp³-hybridized carbons (Fsp3) is 0.143.